The number of urea groups is 1. The van der Waals surface area contributed by atoms with Gasteiger partial charge in [0.1, 0.15) is 5.82 Å². The van der Waals surface area contributed by atoms with Crippen LogP contribution in [0.25, 0.3) is 5.69 Å². The van der Waals surface area contributed by atoms with Gasteiger partial charge in [-0.25, -0.2) is 13.9 Å². The van der Waals surface area contributed by atoms with Crippen LogP contribution in [0.1, 0.15) is 11.7 Å². The minimum atomic E-state index is -1.13. The zero-order chi connectivity index (χ0) is 17.6. The summed E-state index contributed by atoms with van der Waals surface area (Å²) in [6, 6.07) is 14.9. The number of benzene rings is 2. The van der Waals surface area contributed by atoms with Crippen LogP contribution in [0.3, 0.4) is 0 Å². The summed E-state index contributed by atoms with van der Waals surface area (Å²) in [5.41, 5.74) is 1.51. The highest BCUT2D eigenvalue weighted by atomic mass is 19.1. The Morgan fingerprint density at radius 2 is 1.88 bits per heavy atom. The fourth-order valence-electron chi connectivity index (χ4n) is 2.33. The third-order valence-corrected chi connectivity index (χ3v) is 3.58. The Morgan fingerprint density at radius 3 is 2.64 bits per heavy atom. The Morgan fingerprint density at radius 1 is 1.16 bits per heavy atom. The third kappa shape index (κ3) is 4.21. The first-order chi connectivity index (χ1) is 12.1. The van der Waals surface area contributed by atoms with Crippen molar-refractivity contribution in [1.82, 2.24) is 15.1 Å². The van der Waals surface area contributed by atoms with Crippen LogP contribution in [0.4, 0.5) is 14.9 Å². The monoisotopic (exact) mass is 340 g/mol. The number of amides is 2. The maximum atomic E-state index is 13.6. The van der Waals surface area contributed by atoms with Gasteiger partial charge in [-0.05, 0) is 18.2 Å². The zero-order valence-electron chi connectivity index (χ0n) is 13.3. The number of para-hydroxylation sites is 1. The molecule has 2 aromatic carbocycles. The molecule has 0 fully saturated rings. The van der Waals surface area contributed by atoms with Crippen LogP contribution in [-0.4, -0.2) is 27.5 Å². The molecular formula is C18H17FN4O2. The van der Waals surface area contributed by atoms with Gasteiger partial charge in [-0.15, -0.1) is 0 Å². The first-order valence-electron chi connectivity index (χ1n) is 7.71. The molecule has 1 atom stereocenters. The minimum absolute atomic E-state index is 0.112. The van der Waals surface area contributed by atoms with Gasteiger partial charge in [0.15, 0.2) is 0 Å². The Kier molecular flexibility index (Phi) is 5.06. The summed E-state index contributed by atoms with van der Waals surface area (Å²) in [7, 11) is 0. The molecule has 0 aliphatic heterocycles. The van der Waals surface area contributed by atoms with Crippen molar-refractivity contribution in [3.05, 3.63) is 78.4 Å². The Balaban J connectivity index is 1.55. The first kappa shape index (κ1) is 16.7. The highest BCUT2D eigenvalue weighted by Gasteiger charge is 2.13. The summed E-state index contributed by atoms with van der Waals surface area (Å²) in [6.07, 6.45) is 2.06. The van der Waals surface area contributed by atoms with Crippen molar-refractivity contribution in [1.29, 1.82) is 0 Å². The summed E-state index contributed by atoms with van der Waals surface area (Å²) in [4.78, 5) is 11.9. The maximum Gasteiger partial charge on any atom is 0.319 e. The minimum Gasteiger partial charge on any atom is -0.386 e. The number of nitrogens with zero attached hydrogens (tertiary/aromatic N) is 2. The molecule has 0 saturated heterocycles. The van der Waals surface area contributed by atoms with Crippen molar-refractivity contribution < 1.29 is 14.3 Å². The number of carbonyl (C=O) groups excluding carboxylic acids is 1. The first-order valence-corrected chi connectivity index (χ1v) is 7.71. The number of rotatable bonds is 5. The predicted molar refractivity (Wildman–Crippen MR) is 91.9 cm³/mol. The quantitative estimate of drug-likeness (QED) is 0.668. The highest BCUT2D eigenvalue weighted by Crippen LogP contribution is 2.16. The molecule has 7 heteroatoms. The summed E-state index contributed by atoms with van der Waals surface area (Å²) >= 11 is 0. The molecule has 3 rings (SSSR count). The van der Waals surface area contributed by atoms with Crippen LogP contribution in [0, 0.1) is 5.82 Å². The molecule has 25 heavy (non-hydrogen) atoms. The van der Waals surface area contributed by atoms with Gasteiger partial charge in [-0.1, -0.05) is 36.4 Å². The fourth-order valence-corrected chi connectivity index (χ4v) is 2.33. The predicted octanol–water partition coefficient (Wildman–Crippen LogP) is 2.87. The summed E-state index contributed by atoms with van der Waals surface area (Å²) in [5.74, 6) is -0.513. The smallest absolute Gasteiger partial charge is 0.319 e. The van der Waals surface area contributed by atoms with E-state index in [0.29, 0.717) is 5.69 Å². The molecule has 2 amide bonds. The van der Waals surface area contributed by atoms with Crippen molar-refractivity contribution >= 4 is 11.7 Å². The van der Waals surface area contributed by atoms with Crippen LogP contribution >= 0.6 is 0 Å². The number of hydrogen-bond acceptors (Lipinski definition) is 3. The molecule has 3 N–H and O–H groups in total. The van der Waals surface area contributed by atoms with Crippen LogP contribution in [-0.2, 0) is 0 Å². The van der Waals surface area contributed by atoms with E-state index in [0.717, 1.165) is 5.69 Å². The molecule has 6 nitrogen and oxygen atoms in total. The summed E-state index contributed by atoms with van der Waals surface area (Å²) in [6.45, 7) is -0.112. The van der Waals surface area contributed by atoms with Gasteiger partial charge in [-0.3, -0.25) is 0 Å². The molecule has 0 aliphatic rings. The second kappa shape index (κ2) is 7.59. The number of anilines is 1. The van der Waals surface area contributed by atoms with E-state index in [-0.39, 0.29) is 12.1 Å². The van der Waals surface area contributed by atoms with Crippen LogP contribution in [0.2, 0.25) is 0 Å². The van der Waals surface area contributed by atoms with Gasteiger partial charge in [0.25, 0.3) is 0 Å². The molecular weight excluding hydrogens is 323 g/mol. The lowest BCUT2D eigenvalue weighted by molar-refractivity contribution is 0.170. The molecule has 1 unspecified atom stereocenters. The SMILES string of the molecule is O=C(NCC(O)c1ccccc1F)Nc1cnn(-c2ccccc2)c1. The number of nitrogens with one attached hydrogen (secondary N) is 2. The lowest BCUT2D eigenvalue weighted by atomic mass is 10.1. The van der Waals surface area contributed by atoms with Crippen LogP contribution in [0.15, 0.2) is 67.0 Å². The zero-order valence-corrected chi connectivity index (χ0v) is 13.3. The van der Waals surface area contributed by atoms with Gasteiger partial charge < -0.3 is 15.7 Å². The highest BCUT2D eigenvalue weighted by molar-refractivity contribution is 5.88. The molecule has 0 bridgehead atoms. The molecule has 128 valence electrons. The standard InChI is InChI=1S/C18H17FN4O2/c19-16-9-5-4-8-15(16)17(24)11-20-18(25)22-13-10-21-23(12-13)14-6-2-1-3-7-14/h1-10,12,17,24H,11H2,(H2,20,22,25). The van der Waals surface area contributed by atoms with Crippen molar-refractivity contribution in [3.8, 4) is 5.69 Å². The van der Waals surface area contributed by atoms with Crippen molar-refractivity contribution in [2.75, 3.05) is 11.9 Å². The van der Waals surface area contributed by atoms with Crippen molar-refractivity contribution in [3.63, 3.8) is 0 Å². The van der Waals surface area contributed by atoms with Crippen molar-refractivity contribution in [2.24, 2.45) is 0 Å². The Labute approximate surface area is 143 Å². The fraction of sp³-hybridized carbons (Fsp3) is 0.111. The molecule has 1 heterocycles. The van der Waals surface area contributed by atoms with Gasteiger partial charge >= 0.3 is 6.03 Å². The van der Waals surface area contributed by atoms with E-state index < -0.39 is 18.0 Å². The molecule has 3 aromatic rings. The lowest BCUT2D eigenvalue weighted by Gasteiger charge is -2.13. The second-order valence-electron chi connectivity index (χ2n) is 5.38. The van der Waals surface area contributed by atoms with Crippen molar-refractivity contribution in [2.45, 2.75) is 6.10 Å². The molecule has 0 radical (unpaired) electrons. The summed E-state index contributed by atoms with van der Waals surface area (Å²) in [5, 5.41) is 19.3. The molecule has 0 spiro atoms. The lowest BCUT2D eigenvalue weighted by Crippen LogP contribution is -2.32. The number of hydrogen-bond donors (Lipinski definition) is 3. The molecule has 0 saturated carbocycles. The van der Waals surface area contributed by atoms with Crippen LogP contribution in [0.5, 0.6) is 0 Å². The average molecular weight is 340 g/mol. The number of aliphatic hydroxyl groups is 1. The topological polar surface area (TPSA) is 79.2 Å². The second-order valence-corrected chi connectivity index (χ2v) is 5.38. The van der Waals surface area contributed by atoms with Gasteiger partial charge in [-0.2, -0.15) is 5.10 Å². The normalized spacial score (nSPS) is 11.8. The van der Waals surface area contributed by atoms with E-state index in [1.807, 2.05) is 30.3 Å². The Hall–Kier alpha value is -3.19. The van der Waals surface area contributed by atoms with E-state index in [2.05, 4.69) is 15.7 Å². The number of aromatic nitrogens is 2. The van der Waals surface area contributed by atoms with E-state index >= 15 is 0 Å². The van der Waals surface area contributed by atoms with E-state index in [4.69, 9.17) is 0 Å². The average Bonchev–Trinajstić information content (AvgIpc) is 3.09. The number of aliphatic hydroxyl groups excluding tert-OH is 1. The Bertz CT molecular complexity index is 851. The number of carbonyl (C=O) groups is 1. The van der Waals surface area contributed by atoms with E-state index in [9.17, 15) is 14.3 Å². The van der Waals surface area contributed by atoms with Gasteiger partial charge in [0.05, 0.1) is 29.9 Å². The van der Waals surface area contributed by atoms with Crippen LogP contribution < -0.4 is 10.6 Å². The summed E-state index contributed by atoms with van der Waals surface area (Å²) < 4.78 is 15.2. The molecule has 0 aliphatic carbocycles. The third-order valence-electron chi connectivity index (χ3n) is 3.58. The largest absolute Gasteiger partial charge is 0.386 e. The number of halogens is 1. The molecule has 1 aromatic heterocycles. The van der Waals surface area contributed by atoms with E-state index in [1.165, 1.54) is 24.4 Å². The maximum absolute atomic E-state index is 13.6. The van der Waals surface area contributed by atoms with Gasteiger partial charge in [0.2, 0.25) is 0 Å². The van der Waals surface area contributed by atoms with Gasteiger partial charge in [0, 0.05) is 12.1 Å². The van der Waals surface area contributed by atoms with E-state index in [1.54, 1.807) is 16.9 Å².